The highest BCUT2D eigenvalue weighted by Gasteiger charge is 2.11. The fourth-order valence-electron chi connectivity index (χ4n) is 2.11. The molecule has 0 fully saturated rings. The van der Waals surface area contributed by atoms with Gasteiger partial charge in [-0.05, 0) is 30.3 Å². The van der Waals surface area contributed by atoms with Crippen molar-refractivity contribution in [2.45, 2.75) is 11.8 Å². The summed E-state index contributed by atoms with van der Waals surface area (Å²) in [4.78, 5) is 23.9. The normalized spacial score (nSPS) is 10.4. The van der Waals surface area contributed by atoms with E-state index < -0.39 is 0 Å². The second kappa shape index (κ2) is 9.20. The molecule has 138 valence electrons. The fraction of sp³-hybridized carbons (Fsp3) is 0.111. The van der Waals surface area contributed by atoms with Crippen LogP contribution in [0.25, 0.3) is 0 Å². The van der Waals surface area contributed by atoms with Crippen LogP contribution in [0, 0.1) is 0 Å². The number of amides is 2. The largest absolute Gasteiger partial charge is 0.414 e. The molecule has 3 aromatic rings. The van der Waals surface area contributed by atoms with Crippen LogP contribution in [0.2, 0.25) is 5.02 Å². The van der Waals surface area contributed by atoms with Gasteiger partial charge in [-0.3, -0.25) is 9.59 Å². The number of halogens is 1. The first-order valence-electron chi connectivity index (χ1n) is 7.94. The van der Waals surface area contributed by atoms with Gasteiger partial charge in [-0.2, -0.15) is 0 Å². The van der Waals surface area contributed by atoms with E-state index in [0.29, 0.717) is 16.3 Å². The summed E-state index contributed by atoms with van der Waals surface area (Å²) in [6.45, 7) is 0.107. The summed E-state index contributed by atoms with van der Waals surface area (Å²) in [6.07, 6.45) is 0. The summed E-state index contributed by atoms with van der Waals surface area (Å²) >= 11 is 6.98. The number of nitrogens with zero attached hydrogens (tertiary/aromatic N) is 2. The highest BCUT2D eigenvalue weighted by atomic mass is 35.5. The van der Waals surface area contributed by atoms with Crippen molar-refractivity contribution in [3.63, 3.8) is 0 Å². The highest BCUT2D eigenvalue weighted by Crippen LogP contribution is 2.18. The molecule has 2 N–H and O–H groups in total. The number of rotatable bonds is 7. The molecule has 3 rings (SSSR count). The zero-order valence-electron chi connectivity index (χ0n) is 14.0. The molecule has 9 heteroatoms. The van der Waals surface area contributed by atoms with E-state index in [-0.39, 0.29) is 35.2 Å². The van der Waals surface area contributed by atoms with E-state index in [4.69, 9.17) is 16.0 Å². The highest BCUT2D eigenvalue weighted by molar-refractivity contribution is 7.99. The van der Waals surface area contributed by atoms with Gasteiger partial charge >= 0.3 is 0 Å². The first kappa shape index (κ1) is 18.9. The number of hydrogen-bond acceptors (Lipinski definition) is 6. The Labute approximate surface area is 164 Å². The molecule has 7 nitrogen and oxygen atoms in total. The number of carbonyl (C=O) groups is 2. The van der Waals surface area contributed by atoms with Gasteiger partial charge in [-0.1, -0.05) is 47.6 Å². The molecule has 0 spiro atoms. The molecular weight excluding hydrogens is 388 g/mol. The molecule has 0 bridgehead atoms. The van der Waals surface area contributed by atoms with Crippen LogP contribution < -0.4 is 10.6 Å². The van der Waals surface area contributed by atoms with Gasteiger partial charge in [-0.15, -0.1) is 10.2 Å². The van der Waals surface area contributed by atoms with Gasteiger partial charge in [-0.25, -0.2) is 0 Å². The average Bonchev–Trinajstić information content (AvgIpc) is 3.13. The molecule has 0 aliphatic rings. The van der Waals surface area contributed by atoms with Gasteiger partial charge in [0.05, 0.1) is 12.3 Å². The summed E-state index contributed by atoms with van der Waals surface area (Å²) in [5.41, 5.74) is 1.16. The van der Waals surface area contributed by atoms with Gasteiger partial charge in [0, 0.05) is 16.3 Å². The maximum Gasteiger partial charge on any atom is 0.277 e. The number of carbonyl (C=O) groups excluding carboxylic acids is 2. The van der Waals surface area contributed by atoms with E-state index >= 15 is 0 Å². The van der Waals surface area contributed by atoms with Crippen molar-refractivity contribution >= 4 is 40.9 Å². The van der Waals surface area contributed by atoms with Crippen LogP contribution in [0.15, 0.2) is 64.2 Å². The smallest absolute Gasteiger partial charge is 0.277 e. The molecule has 0 atom stereocenters. The van der Waals surface area contributed by atoms with E-state index in [1.165, 1.54) is 0 Å². The number of benzene rings is 2. The molecule has 0 radical (unpaired) electrons. The molecule has 2 aromatic carbocycles. The first-order valence-corrected chi connectivity index (χ1v) is 9.30. The SMILES string of the molecule is O=C(CSc1nnc(CNC(=O)c2ccccc2)o1)Nc1cccc(Cl)c1. The van der Waals surface area contributed by atoms with Crippen molar-refractivity contribution in [1.82, 2.24) is 15.5 Å². The molecule has 27 heavy (non-hydrogen) atoms. The topological polar surface area (TPSA) is 97.1 Å². The summed E-state index contributed by atoms with van der Waals surface area (Å²) in [5, 5.41) is 13.9. The van der Waals surface area contributed by atoms with Crippen LogP contribution in [0.3, 0.4) is 0 Å². The fourth-order valence-corrected chi connectivity index (χ4v) is 2.88. The molecule has 2 amide bonds. The first-order chi connectivity index (χ1) is 13.1. The lowest BCUT2D eigenvalue weighted by atomic mass is 10.2. The standard InChI is InChI=1S/C18H15ClN4O3S/c19-13-7-4-8-14(9-13)21-15(24)11-27-18-23-22-16(26-18)10-20-17(25)12-5-2-1-3-6-12/h1-9H,10-11H2,(H,20,25)(H,21,24). The van der Waals surface area contributed by atoms with Crippen molar-refractivity contribution in [3.05, 3.63) is 71.1 Å². The van der Waals surface area contributed by atoms with Crippen LogP contribution in [-0.4, -0.2) is 27.8 Å². The third-order valence-electron chi connectivity index (χ3n) is 3.32. The lowest BCUT2D eigenvalue weighted by molar-refractivity contribution is -0.113. The lowest BCUT2D eigenvalue weighted by Crippen LogP contribution is -2.22. The minimum Gasteiger partial charge on any atom is -0.414 e. The summed E-state index contributed by atoms with van der Waals surface area (Å²) < 4.78 is 5.41. The molecule has 0 saturated carbocycles. The van der Waals surface area contributed by atoms with Gasteiger partial charge in [0.1, 0.15) is 0 Å². The monoisotopic (exact) mass is 402 g/mol. The number of aromatic nitrogens is 2. The van der Waals surface area contributed by atoms with E-state index in [9.17, 15) is 9.59 Å². The Morgan fingerprint density at radius 2 is 1.89 bits per heavy atom. The number of hydrogen-bond donors (Lipinski definition) is 2. The molecule has 0 saturated heterocycles. The van der Waals surface area contributed by atoms with Crippen molar-refractivity contribution < 1.29 is 14.0 Å². The van der Waals surface area contributed by atoms with E-state index in [2.05, 4.69) is 20.8 Å². The third kappa shape index (κ3) is 5.83. The second-order valence-corrected chi connectivity index (χ2v) is 6.72. The van der Waals surface area contributed by atoms with Crippen LogP contribution in [0.4, 0.5) is 5.69 Å². The molecule has 1 heterocycles. The van der Waals surface area contributed by atoms with Crippen molar-refractivity contribution in [3.8, 4) is 0 Å². The van der Waals surface area contributed by atoms with Gasteiger partial charge in [0.2, 0.25) is 11.8 Å². The Morgan fingerprint density at radius 3 is 2.67 bits per heavy atom. The Bertz CT molecular complexity index is 933. The molecule has 0 aliphatic carbocycles. The maximum atomic E-state index is 12.0. The van der Waals surface area contributed by atoms with Crippen molar-refractivity contribution in [2.24, 2.45) is 0 Å². The van der Waals surface area contributed by atoms with Crippen LogP contribution in [-0.2, 0) is 11.3 Å². The third-order valence-corrected chi connectivity index (χ3v) is 4.37. The zero-order valence-corrected chi connectivity index (χ0v) is 15.6. The van der Waals surface area contributed by atoms with E-state index in [0.717, 1.165) is 11.8 Å². The Balaban J connectivity index is 1.45. The van der Waals surface area contributed by atoms with Crippen LogP contribution >= 0.6 is 23.4 Å². The van der Waals surface area contributed by atoms with Gasteiger partial charge in [0.15, 0.2) is 0 Å². The van der Waals surface area contributed by atoms with Crippen LogP contribution in [0.5, 0.6) is 0 Å². The second-order valence-electron chi connectivity index (χ2n) is 5.36. The van der Waals surface area contributed by atoms with Crippen molar-refractivity contribution in [1.29, 1.82) is 0 Å². The Morgan fingerprint density at radius 1 is 1.07 bits per heavy atom. The predicted octanol–water partition coefficient (Wildman–Crippen LogP) is 3.38. The molecular formula is C18H15ClN4O3S. The minimum absolute atomic E-state index is 0.102. The Hall–Kier alpha value is -2.84. The van der Waals surface area contributed by atoms with E-state index in [1.54, 1.807) is 48.5 Å². The zero-order chi connectivity index (χ0) is 19.1. The number of nitrogens with one attached hydrogen (secondary N) is 2. The quantitative estimate of drug-likeness (QED) is 0.588. The van der Waals surface area contributed by atoms with E-state index in [1.807, 2.05) is 6.07 Å². The molecule has 0 unspecified atom stereocenters. The maximum absolute atomic E-state index is 12.0. The summed E-state index contributed by atoms with van der Waals surface area (Å²) in [5.74, 6) is -0.0924. The Kier molecular flexibility index (Phi) is 6.45. The minimum atomic E-state index is -0.232. The molecule has 0 aliphatic heterocycles. The predicted molar refractivity (Wildman–Crippen MR) is 103 cm³/mol. The van der Waals surface area contributed by atoms with Gasteiger partial charge < -0.3 is 15.1 Å². The van der Waals surface area contributed by atoms with Crippen LogP contribution in [0.1, 0.15) is 16.2 Å². The summed E-state index contributed by atoms with van der Waals surface area (Å²) in [6, 6.07) is 15.7. The number of anilines is 1. The lowest BCUT2D eigenvalue weighted by Gasteiger charge is -2.04. The average molecular weight is 403 g/mol. The summed E-state index contributed by atoms with van der Waals surface area (Å²) in [7, 11) is 0. The van der Waals surface area contributed by atoms with Gasteiger partial charge in [0.25, 0.3) is 11.1 Å². The van der Waals surface area contributed by atoms with Crippen molar-refractivity contribution in [2.75, 3.05) is 11.1 Å². The molecule has 1 aromatic heterocycles. The number of thioether (sulfide) groups is 1.